The van der Waals surface area contributed by atoms with Crippen molar-refractivity contribution >= 4 is 0 Å². The van der Waals surface area contributed by atoms with Crippen molar-refractivity contribution in [3.8, 4) is 0 Å². The fourth-order valence-corrected chi connectivity index (χ4v) is 12.5. The summed E-state index contributed by atoms with van der Waals surface area (Å²) in [6.45, 7) is 12.2. The van der Waals surface area contributed by atoms with Gasteiger partial charge in [0.2, 0.25) is 0 Å². The molecule has 0 fully saturated rings. The molecule has 0 heterocycles. The molecule has 0 amide bonds. The van der Waals surface area contributed by atoms with E-state index in [2.05, 4.69) is 27.7 Å². The molecule has 0 N–H and O–H groups in total. The van der Waals surface area contributed by atoms with Gasteiger partial charge in [0.1, 0.15) is 0 Å². The molecule has 0 aliphatic heterocycles. The Labute approximate surface area is 342 Å². The number of unbranched alkanes of at least 4 members (excludes halogenated alkanes) is 36. The van der Waals surface area contributed by atoms with Crippen LogP contribution in [0.4, 0.5) is 0 Å². The van der Waals surface area contributed by atoms with Crippen LogP contribution in [0.3, 0.4) is 0 Å². The summed E-state index contributed by atoms with van der Waals surface area (Å²) < 4.78 is 26.9. The summed E-state index contributed by atoms with van der Waals surface area (Å²) >= 11 is -4.11. The monoisotopic (exact) mass is 831 g/mol. The first-order chi connectivity index (χ1) is 26.2. The first kappa shape index (κ1) is 53.7. The fraction of sp³-hybridized carbons (Fsp3) is 1.00. The van der Waals surface area contributed by atoms with Crippen molar-refractivity contribution in [2.45, 2.75) is 285 Å². The summed E-state index contributed by atoms with van der Waals surface area (Å²) in [7, 11) is 0. The summed E-state index contributed by atoms with van der Waals surface area (Å²) in [4.78, 5) is 0. The van der Waals surface area contributed by atoms with E-state index >= 15 is 0 Å². The van der Waals surface area contributed by atoms with Crippen LogP contribution in [0, 0.1) is 0 Å². The smallest absolute Gasteiger partial charge is 0.0654 e. The van der Waals surface area contributed by atoms with Crippen molar-refractivity contribution in [3.05, 3.63) is 0 Å². The van der Waals surface area contributed by atoms with Crippen LogP contribution in [-0.4, -0.2) is 26.4 Å². The second-order valence-corrected chi connectivity index (χ2v) is 21.9. The topological polar surface area (TPSA) is 36.9 Å². The Hall–Kier alpha value is 0.723. The molecule has 0 saturated carbocycles. The quantitative estimate of drug-likeness (QED) is 0.0573. The molecule has 0 rings (SSSR count). The van der Waals surface area contributed by atoms with Gasteiger partial charge in [0.05, 0.1) is 0 Å². The Bertz CT molecular complexity index is 538. The number of hydrogen-bond donors (Lipinski definition) is 0. The summed E-state index contributed by atoms with van der Waals surface area (Å²) in [5.74, 6) is 0. The predicted molar refractivity (Wildman–Crippen MR) is 231 cm³/mol. The van der Waals surface area contributed by atoms with Crippen LogP contribution >= 0.6 is 0 Å². The Kier molecular flexibility index (Phi) is 47.7. The van der Waals surface area contributed by atoms with Crippen LogP contribution in [0.5, 0.6) is 0 Å². The van der Waals surface area contributed by atoms with Crippen molar-refractivity contribution in [1.29, 1.82) is 0 Å². The van der Waals surface area contributed by atoms with Crippen LogP contribution in [0.25, 0.3) is 0 Å². The van der Waals surface area contributed by atoms with Gasteiger partial charge in [0, 0.05) is 0 Å². The first-order valence-electron chi connectivity index (χ1n) is 24.8. The summed E-state index contributed by atoms with van der Waals surface area (Å²) in [5, 5.41) is 0. The van der Waals surface area contributed by atoms with Gasteiger partial charge in [0.25, 0.3) is 0 Å². The maximum atomic E-state index is 6.72. The minimum Gasteiger partial charge on any atom is -0.0654 e. The maximum absolute atomic E-state index is 6.72. The average molecular weight is 833 g/mol. The zero-order valence-electron chi connectivity index (χ0n) is 37.2. The molecule has 0 aromatic carbocycles. The third kappa shape index (κ3) is 42.2. The van der Waals surface area contributed by atoms with Gasteiger partial charge in [-0.1, -0.05) is 27.7 Å². The van der Waals surface area contributed by atoms with Gasteiger partial charge in [0.15, 0.2) is 0 Å². The average Bonchev–Trinajstić information content (AvgIpc) is 3.17. The van der Waals surface area contributed by atoms with Crippen molar-refractivity contribution in [2.24, 2.45) is 0 Å². The van der Waals surface area contributed by atoms with Crippen molar-refractivity contribution in [1.82, 2.24) is 0 Å². The second kappa shape index (κ2) is 47.1. The Morgan fingerprint density at radius 3 is 0.472 bits per heavy atom. The SMILES string of the molecule is CCCCCCCCCCCC[O][Zr]([O]CCCCCCCCCCCC)([O]CCCCCCCCCCCC)[O]CCCCCCCCCCCC. The molecule has 320 valence electrons. The molecule has 0 aliphatic rings. The molecule has 0 unspecified atom stereocenters. The molecule has 0 aromatic rings. The van der Waals surface area contributed by atoms with Crippen molar-refractivity contribution in [2.75, 3.05) is 26.4 Å². The summed E-state index contributed by atoms with van der Waals surface area (Å²) in [6.07, 6.45) is 53.5. The van der Waals surface area contributed by atoms with Crippen LogP contribution < -0.4 is 0 Å². The van der Waals surface area contributed by atoms with Crippen LogP contribution in [0.15, 0.2) is 0 Å². The summed E-state index contributed by atoms with van der Waals surface area (Å²) in [5.41, 5.74) is 0. The zero-order chi connectivity index (χ0) is 38.4. The van der Waals surface area contributed by atoms with Gasteiger partial charge in [-0.15, -0.1) is 0 Å². The summed E-state index contributed by atoms with van der Waals surface area (Å²) in [6, 6.07) is 0. The van der Waals surface area contributed by atoms with Gasteiger partial charge in [-0.3, -0.25) is 0 Å². The molecule has 5 heteroatoms. The Morgan fingerprint density at radius 1 is 0.189 bits per heavy atom. The molecule has 0 aliphatic carbocycles. The van der Waals surface area contributed by atoms with E-state index in [-0.39, 0.29) is 0 Å². The van der Waals surface area contributed by atoms with E-state index in [1.165, 1.54) is 231 Å². The molecular formula is C48H100O4Zr. The normalized spacial score (nSPS) is 12.0. The Morgan fingerprint density at radius 2 is 0.321 bits per heavy atom. The van der Waals surface area contributed by atoms with E-state index in [1.807, 2.05) is 0 Å². The van der Waals surface area contributed by atoms with Crippen molar-refractivity contribution in [3.63, 3.8) is 0 Å². The predicted octanol–water partition coefficient (Wildman–Crippen LogP) is 17.6. The molecule has 4 nitrogen and oxygen atoms in total. The molecule has 53 heavy (non-hydrogen) atoms. The zero-order valence-corrected chi connectivity index (χ0v) is 39.7. The third-order valence-electron chi connectivity index (χ3n) is 11.1. The van der Waals surface area contributed by atoms with E-state index in [4.69, 9.17) is 11.3 Å². The van der Waals surface area contributed by atoms with Gasteiger partial charge in [-0.2, -0.15) is 0 Å². The molecule has 0 radical (unpaired) electrons. The minimum absolute atomic E-state index is 0.737. The van der Waals surface area contributed by atoms with Crippen molar-refractivity contribution < 1.29 is 33.3 Å². The molecule has 0 saturated heterocycles. The third-order valence-corrected chi connectivity index (χ3v) is 16.6. The number of rotatable bonds is 48. The number of hydrogen-bond acceptors (Lipinski definition) is 4. The molecule has 0 atom stereocenters. The molecule has 0 bridgehead atoms. The van der Waals surface area contributed by atoms with Crippen LogP contribution in [0.1, 0.15) is 285 Å². The van der Waals surface area contributed by atoms with Gasteiger partial charge in [-0.25, -0.2) is 0 Å². The van der Waals surface area contributed by atoms with Crippen LogP contribution in [0.2, 0.25) is 0 Å². The second-order valence-electron chi connectivity index (χ2n) is 16.6. The molecule has 0 aromatic heterocycles. The Balaban J connectivity index is 4.89. The first-order valence-corrected chi connectivity index (χ1v) is 28.8. The fourth-order valence-electron chi connectivity index (χ4n) is 7.40. The standard InChI is InChI=1S/4C12H25O.Zr/c4*1-2-3-4-5-6-7-8-9-10-11-12-13;/h4*2-12H2,1H3;/q4*-1;+4. The van der Waals surface area contributed by atoms with Gasteiger partial charge < -0.3 is 0 Å². The van der Waals surface area contributed by atoms with E-state index in [1.54, 1.807) is 0 Å². The van der Waals surface area contributed by atoms with E-state index in [0.29, 0.717) is 0 Å². The van der Waals surface area contributed by atoms with Gasteiger partial charge >= 0.3 is 317 Å². The van der Waals surface area contributed by atoms with E-state index in [9.17, 15) is 0 Å². The molecular weight excluding hydrogens is 732 g/mol. The molecule has 0 spiro atoms. The van der Waals surface area contributed by atoms with E-state index in [0.717, 1.165) is 52.1 Å². The minimum atomic E-state index is -4.11. The van der Waals surface area contributed by atoms with Gasteiger partial charge in [-0.05, 0) is 0 Å². The van der Waals surface area contributed by atoms with E-state index < -0.39 is 22.0 Å². The van der Waals surface area contributed by atoms with Crippen LogP contribution in [-0.2, 0) is 33.3 Å².